The molecule has 0 aliphatic carbocycles. The van der Waals surface area contributed by atoms with Crippen molar-refractivity contribution in [3.63, 3.8) is 0 Å². The number of piperazine rings is 2. The molecule has 1 aromatic carbocycles. The van der Waals surface area contributed by atoms with Crippen LogP contribution >= 0.6 is 0 Å². The number of aliphatic hydroxyl groups excluding tert-OH is 1. The molecule has 1 aromatic heterocycles. The Kier molecular flexibility index (Phi) is 14.3. The third kappa shape index (κ3) is 10.8. The Morgan fingerprint density at radius 2 is 1.70 bits per heavy atom. The zero-order valence-electron chi connectivity index (χ0n) is 29.4. The Bertz CT molecular complexity index is 1480. The first-order chi connectivity index (χ1) is 24.0. The number of allylic oxidation sites excluding steroid dienone is 2. The van der Waals surface area contributed by atoms with Crippen molar-refractivity contribution in [2.24, 2.45) is 17.8 Å². The van der Waals surface area contributed by atoms with Crippen molar-refractivity contribution < 1.29 is 37.8 Å². The third-order valence-corrected chi connectivity index (χ3v) is 9.60. The number of hydrogen-bond donors (Lipinski definition) is 1. The number of ether oxygens (including phenoxy) is 1. The summed E-state index contributed by atoms with van der Waals surface area (Å²) in [4.78, 5) is 60.3. The smallest absolute Gasteiger partial charge is 0.410 e. The van der Waals surface area contributed by atoms with Gasteiger partial charge in [0.05, 0.1) is 12.3 Å². The maximum absolute atomic E-state index is 14.9. The van der Waals surface area contributed by atoms with Crippen LogP contribution < -0.4 is 4.90 Å². The largest absolute Gasteiger partial charge is 0.442 e. The van der Waals surface area contributed by atoms with E-state index in [0.717, 1.165) is 24.9 Å². The lowest BCUT2D eigenvalue weighted by molar-refractivity contribution is -0.111. The highest BCUT2D eigenvalue weighted by Gasteiger charge is 2.27. The lowest BCUT2D eigenvalue weighted by Crippen LogP contribution is -2.48. The van der Waals surface area contributed by atoms with Gasteiger partial charge in [0.1, 0.15) is 24.5 Å². The SMILES string of the molecule is C/C(=C\c1cc(F)cc(N2CCN(C(=O)c3cnco3)CC2)c1)[C@@H](C=O)[C@@H](C)/C=C/[C@H](OC(=O)N1CCN(C)CC1)[C@@H](C)CC[C@@H](O)CC=O. The number of benzene rings is 1. The summed E-state index contributed by atoms with van der Waals surface area (Å²) in [6, 6.07) is 4.76. The fraction of sp³-hybridized carbons (Fsp3) is 0.541. The summed E-state index contributed by atoms with van der Waals surface area (Å²) in [5, 5.41) is 10.1. The highest BCUT2D eigenvalue weighted by molar-refractivity contribution is 5.91. The number of aldehydes is 2. The summed E-state index contributed by atoms with van der Waals surface area (Å²) in [5.41, 5.74) is 2.04. The first kappa shape index (κ1) is 38.4. The number of hydrogen-bond acceptors (Lipinski definition) is 10. The predicted molar refractivity (Wildman–Crippen MR) is 187 cm³/mol. The number of amides is 2. The van der Waals surface area contributed by atoms with Gasteiger partial charge in [-0.25, -0.2) is 14.2 Å². The Morgan fingerprint density at radius 3 is 2.34 bits per heavy atom. The van der Waals surface area contributed by atoms with Crippen LogP contribution in [0.1, 0.15) is 56.2 Å². The molecule has 2 saturated heterocycles. The molecule has 3 heterocycles. The van der Waals surface area contributed by atoms with E-state index < -0.39 is 30.0 Å². The van der Waals surface area contributed by atoms with Crippen LogP contribution in [0.25, 0.3) is 6.08 Å². The van der Waals surface area contributed by atoms with Crippen molar-refractivity contribution in [1.29, 1.82) is 0 Å². The van der Waals surface area contributed by atoms with Crippen LogP contribution in [-0.4, -0.2) is 121 Å². The Labute approximate surface area is 293 Å². The maximum atomic E-state index is 14.9. The van der Waals surface area contributed by atoms with Crippen LogP contribution in [0.4, 0.5) is 14.9 Å². The molecule has 0 saturated carbocycles. The molecule has 272 valence electrons. The van der Waals surface area contributed by atoms with Gasteiger partial charge in [-0.2, -0.15) is 0 Å². The van der Waals surface area contributed by atoms with Gasteiger partial charge in [0.15, 0.2) is 6.39 Å². The number of halogens is 1. The number of anilines is 1. The molecular weight excluding hydrogens is 645 g/mol. The van der Waals surface area contributed by atoms with Crippen molar-refractivity contribution in [3.8, 4) is 0 Å². The average Bonchev–Trinajstić information content (AvgIpc) is 3.64. The van der Waals surface area contributed by atoms with Crippen LogP contribution in [0.5, 0.6) is 0 Å². The van der Waals surface area contributed by atoms with Gasteiger partial charge in [0.25, 0.3) is 5.91 Å². The topological polar surface area (TPSA) is 137 Å². The normalized spacial score (nSPS) is 19.2. The van der Waals surface area contributed by atoms with Gasteiger partial charge in [-0.15, -0.1) is 0 Å². The average molecular weight is 696 g/mol. The second kappa shape index (κ2) is 18.6. The number of aromatic nitrogens is 1. The second-order valence-electron chi connectivity index (χ2n) is 13.4. The number of rotatable bonds is 15. The molecule has 12 nitrogen and oxygen atoms in total. The molecule has 2 aliphatic heterocycles. The van der Waals surface area contributed by atoms with E-state index in [9.17, 15) is 28.7 Å². The molecule has 4 rings (SSSR count). The zero-order valence-corrected chi connectivity index (χ0v) is 29.4. The summed E-state index contributed by atoms with van der Waals surface area (Å²) in [6.07, 6.45) is 8.84. The first-order valence-electron chi connectivity index (χ1n) is 17.3. The fourth-order valence-electron chi connectivity index (χ4n) is 6.29. The van der Waals surface area contributed by atoms with Crippen molar-refractivity contribution >= 4 is 36.3 Å². The molecule has 2 fully saturated rings. The van der Waals surface area contributed by atoms with E-state index >= 15 is 0 Å². The van der Waals surface area contributed by atoms with Gasteiger partial charge >= 0.3 is 6.09 Å². The Balaban J connectivity index is 1.43. The van der Waals surface area contributed by atoms with Gasteiger partial charge in [-0.1, -0.05) is 31.6 Å². The van der Waals surface area contributed by atoms with Crippen molar-refractivity contribution in [1.82, 2.24) is 19.7 Å². The van der Waals surface area contributed by atoms with Crippen molar-refractivity contribution in [2.75, 3.05) is 64.3 Å². The fourth-order valence-corrected chi connectivity index (χ4v) is 6.29. The number of nitrogens with zero attached hydrogens (tertiary/aromatic N) is 5. The van der Waals surface area contributed by atoms with Gasteiger partial charge < -0.3 is 43.4 Å². The van der Waals surface area contributed by atoms with Crippen LogP contribution in [0, 0.1) is 23.6 Å². The summed E-state index contributed by atoms with van der Waals surface area (Å²) in [5.74, 6) is -1.41. The van der Waals surface area contributed by atoms with E-state index in [0.29, 0.717) is 69.6 Å². The van der Waals surface area contributed by atoms with Crippen molar-refractivity contribution in [3.05, 3.63) is 65.7 Å². The highest BCUT2D eigenvalue weighted by Crippen LogP contribution is 2.27. The first-order valence-corrected chi connectivity index (χ1v) is 17.3. The van der Waals surface area contributed by atoms with E-state index in [4.69, 9.17) is 9.15 Å². The molecule has 2 aromatic rings. The summed E-state index contributed by atoms with van der Waals surface area (Å²) in [7, 11) is 2.00. The molecule has 5 atom stereocenters. The summed E-state index contributed by atoms with van der Waals surface area (Å²) >= 11 is 0. The lowest BCUT2D eigenvalue weighted by Gasteiger charge is -2.35. The number of oxazole rings is 1. The number of aliphatic hydroxyl groups is 1. The molecule has 50 heavy (non-hydrogen) atoms. The van der Waals surface area contributed by atoms with E-state index in [1.807, 2.05) is 57.0 Å². The zero-order chi connectivity index (χ0) is 36.2. The van der Waals surface area contributed by atoms with E-state index in [-0.39, 0.29) is 29.9 Å². The second-order valence-corrected chi connectivity index (χ2v) is 13.4. The number of likely N-dealkylation sites (N-methyl/N-ethyl adjacent to an activating group) is 1. The Morgan fingerprint density at radius 1 is 1.00 bits per heavy atom. The number of carbonyl (C=O) groups is 4. The van der Waals surface area contributed by atoms with E-state index in [1.165, 1.54) is 24.7 Å². The summed E-state index contributed by atoms with van der Waals surface area (Å²) in [6.45, 7) is 10.2. The standard InChI is InChI=1S/C37H50FN5O7/c1-26(6-8-34(27(2)5-7-32(46)9-18-44)50-37(48)43-12-10-40(4)11-13-43)33(24-45)28(3)19-29-20-30(38)22-31(21-29)41-14-16-42(17-15-41)36(47)35-23-39-25-49-35/h6,8,18-27,32-34,46H,5,7,9-17H2,1-4H3/b8-6+,28-19+/t26-,27-,32+,33-,34-/m0/s1. The number of carbonyl (C=O) groups excluding carboxylic acids is 4. The molecule has 1 N–H and O–H groups in total. The molecule has 0 radical (unpaired) electrons. The minimum Gasteiger partial charge on any atom is -0.442 e. The monoisotopic (exact) mass is 695 g/mol. The molecule has 2 amide bonds. The molecule has 0 spiro atoms. The summed E-state index contributed by atoms with van der Waals surface area (Å²) < 4.78 is 26.0. The highest BCUT2D eigenvalue weighted by atomic mass is 19.1. The van der Waals surface area contributed by atoms with E-state index in [1.54, 1.807) is 9.80 Å². The molecule has 13 heteroatoms. The van der Waals surface area contributed by atoms with Gasteiger partial charge in [0.2, 0.25) is 5.76 Å². The van der Waals surface area contributed by atoms with Gasteiger partial charge in [0, 0.05) is 70.4 Å². The third-order valence-electron chi connectivity index (χ3n) is 9.60. The minimum atomic E-state index is -0.763. The van der Waals surface area contributed by atoms with Crippen LogP contribution in [0.3, 0.4) is 0 Å². The lowest BCUT2D eigenvalue weighted by atomic mass is 9.86. The predicted octanol–water partition coefficient (Wildman–Crippen LogP) is 4.31. The quantitative estimate of drug-likeness (QED) is 0.212. The van der Waals surface area contributed by atoms with Gasteiger partial charge in [-0.3, -0.25) is 4.79 Å². The molecular formula is C37H50FN5O7. The Hall–Kier alpha value is -4.36. The molecule has 0 bridgehead atoms. The van der Waals surface area contributed by atoms with Crippen LogP contribution in [0.2, 0.25) is 0 Å². The van der Waals surface area contributed by atoms with E-state index in [2.05, 4.69) is 9.88 Å². The maximum Gasteiger partial charge on any atom is 0.410 e. The van der Waals surface area contributed by atoms with Crippen LogP contribution in [-0.2, 0) is 14.3 Å². The van der Waals surface area contributed by atoms with Crippen molar-refractivity contribution in [2.45, 2.75) is 52.2 Å². The van der Waals surface area contributed by atoms with Gasteiger partial charge in [-0.05, 0) is 68.5 Å². The molecule has 2 aliphatic rings. The minimum absolute atomic E-state index is 0.0486. The van der Waals surface area contributed by atoms with Crippen LogP contribution in [0.15, 0.2) is 52.9 Å². The molecule has 0 unspecified atom stereocenters.